The van der Waals surface area contributed by atoms with Gasteiger partial charge < -0.3 is 15.1 Å². The van der Waals surface area contributed by atoms with E-state index in [9.17, 15) is 9.59 Å². The van der Waals surface area contributed by atoms with Crippen LogP contribution < -0.4 is 5.32 Å². The molecule has 2 amide bonds. The summed E-state index contributed by atoms with van der Waals surface area (Å²) < 4.78 is 0. The van der Waals surface area contributed by atoms with Gasteiger partial charge in [-0.1, -0.05) is 0 Å². The standard InChI is InChI=1S/C14H25N3O2/c1-14(7-5-8-15-10-14)13(19)17-9-4-6-11(17)12(18)16(2)3/h11,15H,4-10H2,1-3H3. The molecule has 0 aromatic carbocycles. The summed E-state index contributed by atoms with van der Waals surface area (Å²) in [6, 6.07) is -0.249. The Morgan fingerprint density at radius 2 is 2.05 bits per heavy atom. The first-order chi connectivity index (χ1) is 8.96. The van der Waals surface area contributed by atoms with E-state index < -0.39 is 0 Å². The molecule has 2 aliphatic heterocycles. The van der Waals surface area contributed by atoms with Crippen LogP contribution in [0, 0.1) is 5.41 Å². The van der Waals surface area contributed by atoms with Crippen molar-refractivity contribution in [2.45, 2.75) is 38.6 Å². The highest BCUT2D eigenvalue weighted by atomic mass is 16.2. The molecule has 108 valence electrons. The third kappa shape index (κ3) is 2.76. The number of rotatable bonds is 2. The van der Waals surface area contributed by atoms with Gasteiger partial charge in [-0.2, -0.15) is 0 Å². The zero-order valence-electron chi connectivity index (χ0n) is 12.2. The summed E-state index contributed by atoms with van der Waals surface area (Å²) >= 11 is 0. The van der Waals surface area contributed by atoms with Crippen molar-refractivity contribution in [3.05, 3.63) is 0 Å². The summed E-state index contributed by atoms with van der Waals surface area (Å²) in [7, 11) is 3.51. The molecule has 2 unspecified atom stereocenters. The van der Waals surface area contributed by atoms with Gasteiger partial charge in [-0.3, -0.25) is 9.59 Å². The molecule has 5 heteroatoms. The zero-order valence-corrected chi connectivity index (χ0v) is 12.2. The third-order valence-electron chi connectivity index (χ3n) is 4.35. The number of carbonyl (C=O) groups is 2. The number of piperidine rings is 1. The van der Waals surface area contributed by atoms with Crippen LogP contribution >= 0.6 is 0 Å². The molecule has 19 heavy (non-hydrogen) atoms. The van der Waals surface area contributed by atoms with Gasteiger partial charge in [0, 0.05) is 27.2 Å². The van der Waals surface area contributed by atoms with Crippen molar-refractivity contribution in [3.63, 3.8) is 0 Å². The van der Waals surface area contributed by atoms with Gasteiger partial charge in [-0.05, 0) is 39.2 Å². The third-order valence-corrected chi connectivity index (χ3v) is 4.35. The lowest BCUT2D eigenvalue weighted by atomic mass is 9.81. The number of likely N-dealkylation sites (tertiary alicyclic amines) is 1. The van der Waals surface area contributed by atoms with Crippen LogP contribution in [0.3, 0.4) is 0 Å². The van der Waals surface area contributed by atoms with Crippen molar-refractivity contribution in [2.24, 2.45) is 5.41 Å². The van der Waals surface area contributed by atoms with Gasteiger partial charge in [0.05, 0.1) is 5.41 Å². The lowest BCUT2D eigenvalue weighted by Gasteiger charge is -2.38. The minimum atomic E-state index is -0.340. The van der Waals surface area contributed by atoms with E-state index in [1.54, 1.807) is 19.0 Å². The fraction of sp³-hybridized carbons (Fsp3) is 0.857. The van der Waals surface area contributed by atoms with Gasteiger partial charge in [0.2, 0.25) is 11.8 Å². The second kappa shape index (κ2) is 5.49. The summed E-state index contributed by atoms with van der Waals surface area (Å²) in [6.07, 6.45) is 3.67. The van der Waals surface area contributed by atoms with Crippen molar-refractivity contribution in [2.75, 3.05) is 33.7 Å². The van der Waals surface area contributed by atoms with Gasteiger partial charge in [0.25, 0.3) is 0 Å². The summed E-state index contributed by atoms with van der Waals surface area (Å²) in [4.78, 5) is 28.3. The molecule has 0 bridgehead atoms. The number of likely N-dealkylation sites (N-methyl/N-ethyl adjacent to an activating group) is 1. The number of hydrogen-bond donors (Lipinski definition) is 1. The molecule has 2 fully saturated rings. The largest absolute Gasteiger partial charge is 0.347 e. The Kier molecular flexibility index (Phi) is 4.13. The maximum atomic E-state index is 12.8. The number of carbonyl (C=O) groups excluding carboxylic acids is 2. The lowest BCUT2D eigenvalue weighted by Crippen LogP contribution is -2.54. The van der Waals surface area contributed by atoms with Gasteiger partial charge in [0.1, 0.15) is 6.04 Å². The Morgan fingerprint density at radius 3 is 2.63 bits per heavy atom. The van der Waals surface area contributed by atoms with Crippen LogP contribution in [0.25, 0.3) is 0 Å². The minimum absolute atomic E-state index is 0.0539. The highest BCUT2D eigenvalue weighted by molar-refractivity contribution is 5.90. The predicted molar refractivity (Wildman–Crippen MR) is 73.6 cm³/mol. The van der Waals surface area contributed by atoms with E-state index in [1.807, 2.05) is 11.8 Å². The van der Waals surface area contributed by atoms with E-state index in [0.29, 0.717) is 0 Å². The van der Waals surface area contributed by atoms with E-state index in [4.69, 9.17) is 0 Å². The molecule has 2 rings (SSSR count). The normalized spacial score (nSPS) is 31.3. The summed E-state index contributed by atoms with van der Waals surface area (Å²) in [6.45, 7) is 4.46. The smallest absolute Gasteiger partial charge is 0.244 e. The first kappa shape index (κ1) is 14.3. The molecule has 0 aliphatic carbocycles. The van der Waals surface area contributed by atoms with Crippen LogP contribution in [0.4, 0.5) is 0 Å². The van der Waals surface area contributed by atoms with Crippen molar-refractivity contribution < 1.29 is 9.59 Å². The molecule has 0 radical (unpaired) electrons. The topological polar surface area (TPSA) is 52.7 Å². The Labute approximate surface area is 115 Å². The molecule has 0 spiro atoms. The van der Waals surface area contributed by atoms with E-state index in [1.165, 1.54) is 0 Å². The number of nitrogens with one attached hydrogen (secondary N) is 1. The van der Waals surface area contributed by atoms with Crippen molar-refractivity contribution in [1.29, 1.82) is 0 Å². The van der Waals surface area contributed by atoms with Crippen LogP contribution in [-0.2, 0) is 9.59 Å². The molecule has 0 aromatic heterocycles. The van der Waals surface area contributed by atoms with Crippen LogP contribution in [0.15, 0.2) is 0 Å². The maximum Gasteiger partial charge on any atom is 0.244 e. The molecule has 1 N–H and O–H groups in total. The summed E-state index contributed by atoms with van der Waals surface area (Å²) in [5, 5.41) is 3.30. The predicted octanol–water partition coefficient (Wildman–Crippen LogP) is 0.455. The Bertz CT molecular complexity index is 362. The van der Waals surface area contributed by atoms with Crippen LogP contribution in [0.1, 0.15) is 32.6 Å². The second-order valence-electron chi connectivity index (χ2n) is 6.23. The quantitative estimate of drug-likeness (QED) is 0.790. The molecular weight excluding hydrogens is 242 g/mol. The summed E-state index contributed by atoms with van der Waals surface area (Å²) in [5.74, 6) is 0.204. The molecule has 5 nitrogen and oxygen atoms in total. The number of hydrogen-bond acceptors (Lipinski definition) is 3. The second-order valence-corrected chi connectivity index (χ2v) is 6.23. The molecule has 0 aromatic rings. The van der Waals surface area contributed by atoms with E-state index in [0.717, 1.165) is 45.3 Å². The highest BCUT2D eigenvalue weighted by Gasteiger charge is 2.43. The summed E-state index contributed by atoms with van der Waals surface area (Å²) in [5.41, 5.74) is -0.340. The first-order valence-corrected chi connectivity index (χ1v) is 7.19. The van der Waals surface area contributed by atoms with Gasteiger partial charge in [0.15, 0.2) is 0 Å². The van der Waals surface area contributed by atoms with Crippen LogP contribution in [-0.4, -0.2) is 61.4 Å². The fourth-order valence-electron chi connectivity index (χ4n) is 3.15. The zero-order chi connectivity index (χ0) is 14.0. The Balaban J connectivity index is 2.11. The van der Waals surface area contributed by atoms with Gasteiger partial charge in [-0.15, -0.1) is 0 Å². The van der Waals surface area contributed by atoms with Crippen molar-refractivity contribution in [3.8, 4) is 0 Å². The molecule has 0 saturated carbocycles. The average Bonchev–Trinajstić information content (AvgIpc) is 2.86. The molecule has 2 heterocycles. The number of nitrogens with zero attached hydrogens (tertiary/aromatic N) is 2. The molecule has 2 saturated heterocycles. The monoisotopic (exact) mass is 267 g/mol. The molecular formula is C14H25N3O2. The maximum absolute atomic E-state index is 12.8. The average molecular weight is 267 g/mol. The van der Waals surface area contributed by atoms with Gasteiger partial charge >= 0.3 is 0 Å². The van der Waals surface area contributed by atoms with Crippen LogP contribution in [0.5, 0.6) is 0 Å². The first-order valence-electron chi connectivity index (χ1n) is 7.19. The highest BCUT2D eigenvalue weighted by Crippen LogP contribution is 2.31. The van der Waals surface area contributed by atoms with E-state index in [-0.39, 0.29) is 23.3 Å². The van der Waals surface area contributed by atoms with Crippen LogP contribution in [0.2, 0.25) is 0 Å². The number of amides is 2. The minimum Gasteiger partial charge on any atom is -0.347 e. The SMILES string of the molecule is CN(C)C(=O)C1CCCN1C(=O)C1(C)CCCNC1. The fourth-order valence-corrected chi connectivity index (χ4v) is 3.15. The van der Waals surface area contributed by atoms with E-state index in [2.05, 4.69) is 5.32 Å². The van der Waals surface area contributed by atoms with Crippen molar-refractivity contribution >= 4 is 11.8 Å². The Hall–Kier alpha value is -1.10. The lowest BCUT2D eigenvalue weighted by molar-refractivity contribution is -0.149. The molecule has 2 aliphatic rings. The van der Waals surface area contributed by atoms with E-state index >= 15 is 0 Å². The molecule has 2 atom stereocenters. The van der Waals surface area contributed by atoms with Crippen molar-refractivity contribution in [1.82, 2.24) is 15.1 Å². The Morgan fingerprint density at radius 1 is 1.32 bits per heavy atom. The van der Waals surface area contributed by atoms with Gasteiger partial charge in [-0.25, -0.2) is 0 Å².